The molecule has 0 amide bonds. The fourth-order valence-corrected chi connectivity index (χ4v) is 3.47. The summed E-state index contributed by atoms with van der Waals surface area (Å²) < 4.78 is 8.20. The van der Waals surface area contributed by atoms with Crippen LogP contribution in [-0.4, -0.2) is 25.5 Å². The lowest BCUT2D eigenvalue weighted by atomic mass is 9.93. The Morgan fingerprint density at radius 2 is 1.74 bits per heavy atom. The molecule has 1 heterocycles. The SMILES string of the molecule is CN(C)CC/C=C1\c2cc(Br)ccc2COc2ccc(Br)cc21. The predicted molar refractivity (Wildman–Crippen MR) is 103 cm³/mol. The van der Waals surface area contributed by atoms with Crippen molar-refractivity contribution in [2.75, 3.05) is 20.6 Å². The fourth-order valence-electron chi connectivity index (χ4n) is 2.75. The number of hydrogen-bond donors (Lipinski definition) is 0. The molecule has 23 heavy (non-hydrogen) atoms. The quantitative estimate of drug-likeness (QED) is 0.630. The van der Waals surface area contributed by atoms with Crippen molar-refractivity contribution in [2.45, 2.75) is 13.0 Å². The Morgan fingerprint density at radius 3 is 2.48 bits per heavy atom. The van der Waals surface area contributed by atoms with Gasteiger partial charge in [-0.3, -0.25) is 0 Å². The third-order valence-corrected chi connectivity index (χ3v) is 4.89. The minimum absolute atomic E-state index is 0.599. The number of hydrogen-bond acceptors (Lipinski definition) is 2. The van der Waals surface area contributed by atoms with E-state index in [1.807, 2.05) is 12.1 Å². The van der Waals surface area contributed by atoms with Crippen molar-refractivity contribution in [3.63, 3.8) is 0 Å². The molecule has 0 atom stereocenters. The first-order chi connectivity index (χ1) is 11.0. The van der Waals surface area contributed by atoms with E-state index in [0.717, 1.165) is 33.2 Å². The Morgan fingerprint density at radius 1 is 1.04 bits per heavy atom. The first-order valence-electron chi connectivity index (χ1n) is 7.61. The summed E-state index contributed by atoms with van der Waals surface area (Å²) in [6.07, 6.45) is 3.32. The van der Waals surface area contributed by atoms with E-state index in [4.69, 9.17) is 4.74 Å². The molecule has 2 aromatic rings. The van der Waals surface area contributed by atoms with Crippen molar-refractivity contribution >= 4 is 37.4 Å². The zero-order valence-corrected chi connectivity index (χ0v) is 16.4. The molecule has 1 aliphatic rings. The molecule has 2 nitrogen and oxygen atoms in total. The molecule has 0 saturated carbocycles. The second-order valence-electron chi connectivity index (χ2n) is 5.94. The van der Waals surface area contributed by atoms with Crippen molar-refractivity contribution in [2.24, 2.45) is 0 Å². The smallest absolute Gasteiger partial charge is 0.127 e. The first-order valence-corrected chi connectivity index (χ1v) is 9.19. The molecule has 0 N–H and O–H groups in total. The van der Waals surface area contributed by atoms with E-state index < -0.39 is 0 Å². The highest BCUT2D eigenvalue weighted by atomic mass is 79.9. The highest BCUT2D eigenvalue weighted by Crippen LogP contribution is 2.39. The molecule has 0 aliphatic carbocycles. The Hall–Kier alpha value is -1.10. The van der Waals surface area contributed by atoms with Gasteiger partial charge in [-0.2, -0.15) is 0 Å². The fraction of sp³-hybridized carbons (Fsp3) is 0.263. The van der Waals surface area contributed by atoms with E-state index in [1.54, 1.807) is 0 Å². The summed E-state index contributed by atoms with van der Waals surface area (Å²) in [5, 5.41) is 0. The summed E-state index contributed by atoms with van der Waals surface area (Å²) in [6, 6.07) is 12.6. The number of nitrogens with zero attached hydrogens (tertiary/aromatic N) is 1. The summed E-state index contributed by atoms with van der Waals surface area (Å²) in [7, 11) is 4.20. The lowest BCUT2D eigenvalue weighted by Crippen LogP contribution is -2.12. The molecule has 0 aromatic heterocycles. The van der Waals surface area contributed by atoms with Crippen LogP contribution in [0.1, 0.15) is 23.1 Å². The lowest BCUT2D eigenvalue weighted by Gasteiger charge is -2.13. The van der Waals surface area contributed by atoms with Gasteiger partial charge in [-0.1, -0.05) is 44.0 Å². The molecule has 0 bridgehead atoms. The van der Waals surface area contributed by atoms with Crippen molar-refractivity contribution in [1.82, 2.24) is 4.90 Å². The van der Waals surface area contributed by atoms with Crippen LogP contribution < -0.4 is 4.74 Å². The van der Waals surface area contributed by atoms with Crippen LogP contribution in [0.25, 0.3) is 5.57 Å². The standard InChI is InChI=1S/C19H19Br2NO/c1-22(2)9-3-4-16-17-10-14(20)6-5-13(17)12-23-19-8-7-15(21)11-18(16)19/h4-8,10-11H,3,9,12H2,1-2H3/b16-4+. The van der Waals surface area contributed by atoms with E-state index >= 15 is 0 Å². The second-order valence-corrected chi connectivity index (χ2v) is 7.77. The van der Waals surface area contributed by atoms with E-state index in [-0.39, 0.29) is 0 Å². The third-order valence-electron chi connectivity index (χ3n) is 3.90. The molecule has 0 saturated heterocycles. The van der Waals surface area contributed by atoms with Gasteiger partial charge in [0.2, 0.25) is 0 Å². The average molecular weight is 437 g/mol. The van der Waals surface area contributed by atoms with Crippen LogP contribution in [0.2, 0.25) is 0 Å². The molecule has 4 heteroatoms. The molecule has 120 valence electrons. The molecule has 0 unspecified atom stereocenters. The van der Waals surface area contributed by atoms with Crippen molar-refractivity contribution in [3.8, 4) is 5.75 Å². The monoisotopic (exact) mass is 435 g/mol. The maximum Gasteiger partial charge on any atom is 0.127 e. The van der Waals surface area contributed by atoms with Gasteiger partial charge in [0.05, 0.1) is 0 Å². The van der Waals surface area contributed by atoms with Gasteiger partial charge >= 0.3 is 0 Å². The van der Waals surface area contributed by atoms with Gasteiger partial charge < -0.3 is 9.64 Å². The number of benzene rings is 2. The van der Waals surface area contributed by atoms with E-state index in [0.29, 0.717) is 6.61 Å². The van der Waals surface area contributed by atoms with Crippen LogP contribution >= 0.6 is 31.9 Å². The summed E-state index contributed by atoms with van der Waals surface area (Å²) in [4.78, 5) is 2.20. The summed E-state index contributed by atoms with van der Waals surface area (Å²) in [5.74, 6) is 0.941. The summed E-state index contributed by atoms with van der Waals surface area (Å²) in [5.41, 5.74) is 4.86. The molecule has 1 aliphatic heterocycles. The van der Waals surface area contributed by atoms with Crippen molar-refractivity contribution < 1.29 is 4.74 Å². The minimum atomic E-state index is 0.599. The maximum absolute atomic E-state index is 6.04. The molecule has 0 fully saturated rings. The van der Waals surface area contributed by atoms with E-state index in [2.05, 4.69) is 81.2 Å². The predicted octanol–water partition coefficient (Wildman–Crippen LogP) is 5.49. The van der Waals surface area contributed by atoms with Crippen molar-refractivity contribution in [3.05, 3.63) is 68.1 Å². The van der Waals surface area contributed by atoms with Gasteiger partial charge in [-0.15, -0.1) is 0 Å². The zero-order valence-electron chi connectivity index (χ0n) is 13.3. The lowest BCUT2D eigenvalue weighted by molar-refractivity contribution is 0.307. The van der Waals surface area contributed by atoms with Crippen LogP contribution in [0.4, 0.5) is 0 Å². The van der Waals surface area contributed by atoms with Crippen LogP contribution in [0.5, 0.6) is 5.75 Å². The molecular formula is C19H19Br2NO. The Kier molecular flexibility index (Phi) is 5.24. The maximum atomic E-state index is 6.04. The Balaban J connectivity index is 2.13. The molecule has 2 aromatic carbocycles. The van der Waals surface area contributed by atoms with Crippen molar-refractivity contribution in [1.29, 1.82) is 0 Å². The topological polar surface area (TPSA) is 12.5 Å². The van der Waals surface area contributed by atoms with E-state index in [1.165, 1.54) is 16.7 Å². The van der Waals surface area contributed by atoms with Gasteiger partial charge in [-0.05, 0) is 67.5 Å². The average Bonchev–Trinajstić information content (AvgIpc) is 2.64. The highest BCUT2D eigenvalue weighted by molar-refractivity contribution is 9.10. The van der Waals surface area contributed by atoms with E-state index in [9.17, 15) is 0 Å². The molecule has 0 radical (unpaired) electrons. The van der Waals surface area contributed by atoms with Crippen LogP contribution in [0, 0.1) is 0 Å². The van der Waals surface area contributed by atoms with Crippen LogP contribution in [0.15, 0.2) is 51.4 Å². The molecule has 0 spiro atoms. The summed E-state index contributed by atoms with van der Waals surface area (Å²) >= 11 is 7.19. The number of rotatable bonds is 3. The second kappa shape index (κ2) is 7.20. The van der Waals surface area contributed by atoms with Gasteiger partial charge in [0, 0.05) is 21.1 Å². The van der Waals surface area contributed by atoms with Crippen LogP contribution in [-0.2, 0) is 6.61 Å². The first kappa shape index (κ1) is 16.7. The van der Waals surface area contributed by atoms with Gasteiger partial charge in [0.1, 0.15) is 12.4 Å². The molecule has 3 rings (SSSR count). The zero-order chi connectivity index (χ0) is 16.4. The Bertz CT molecular complexity index is 698. The highest BCUT2D eigenvalue weighted by Gasteiger charge is 2.19. The number of ether oxygens (including phenoxy) is 1. The number of fused-ring (bicyclic) bond motifs is 2. The normalized spacial score (nSPS) is 15.1. The third kappa shape index (κ3) is 3.87. The summed E-state index contributed by atoms with van der Waals surface area (Å²) in [6.45, 7) is 1.62. The largest absolute Gasteiger partial charge is 0.488 e. The molecular weight excluding hydrogens is 418 g/mol. The van der Waals surface area contributed by atoms with Gasteiger partial charge in [0.15, 0.2) is 0 Å². The van der Waals surface area contributed by atoms with Gasteiger partial charge in [0.25, 0.3) is 0 Å². The minimum Gasteiger partial charge on any atom is -0.488 e. The van der Waals surface area contributed by atoms with Gasteiger partial charge in [-0.25, -0.2) is 0 Å². The van der Waals surface area contributed by atoms with Crippen LogP contribution in [0.3, 0.4) is 0 Å². The Labute approximate surface area is 154 Å². The number of halogens is 2.